The number of benzene rings is 1. The molecule has 1 N–H and O–H groups in total. The lowest BCUT2D eigenvalue weighted by Gasteiger charge is -2.06. The molecule has 120 valence electrons. The van der Waals surface area contributed by atoms with Crippen LogP contribution in [0.3, 0.4) is 0 Å². The molecule has 7 nitrogen and oxygen atoms in total. The number of non-ortho nitro benzene ring substituents is 1. The summed E-state index contributed by atoms with van der Waals surface area (Å²) in [5.74, 6) is -1.25. The van der Waals surface area contributed by atoms with E-state index < -0.39 is 16.7 Å². The highest BCUT2D eigenvalue weighted by Crippen LogP contribution is 2.28. The smallest absolute Gasteiger partial charge is 0.340 e. The number of esters is 1. The summed E-state index contributed by atoms with van der Waals surface area (Å²) in [5, 5.41) is 11.0. The van der Waals surface area contributed by atoms with Gasteiger partial charge in [-0.15, -0.1) is 0 Å². The average Bonchev–Trinajstić information content (AvgIpc) is 2.80. The van der Waals surface area contributed by atoms with Crippen molar-refractivity contribution in [3.05, 3.63) is 61.4 Å². The number of hydrogen-bond donors (Lipinski definition) is 1. The highest BCUT2D eigenvalue weighted by Gasteiger charge is 2.27. The van der Waals surface area contributed by atoms with Crippen LogP contribution in [-0.4, -0.2) is 28.8 Å². The van der Waals surface area contributed by atoms with Crippen molar-refractivity contribution in [2.75, 3.05) is 7.11 Å². The van der Waals surface area contributed by atoms with Crippen LogP contribution in [0.25, 0.3) is 0 Å². The lowest BCUT2D eigenvalue weighted by atomic mass is 9.98. The van der Waals surface area contributed by atoms with Crippen molar-refractivity contribution in [2.45, 2.75) is 13.8 Å². The van der Waals surface area contributed by atoms with Gasteiger partial charge >= 0.3 is 5.97 Å². The average molecular weight is 337 g/mol. The number of nitrogens with zero attached hydrogens (tertiary/aromatic N) is 1. The van der Waals surface area contributed by atoms with Crippen LogP contribution in [0.1, 0.15) is 37.7 Å². The molecular formula is C15H13ClN2O5. The van der Waals surface area contributed by atoms with Crippen LogP contribution in [0, 0.1) is 24.0 Å². The quantitative estimate of drug-likeness (QED) is 0.399. The largest absolute Gasteiger partial charge is 0.465 e. The minimum Gasteiger partial charge on any atom is -0.465 e. The molecule has 0 bridgehead atoms. The van der Waals surface area contributed by atoms with E-state index in [9.17, 15) is 19.7 Å². The molecule has 0 spiro atoms. The Morgan fingerprint density at radius 2 is 1.83 bits per heavy atom. The van der Waals surface area contributed by atoms with Gasteiger partial charge in [-0.25, -0.2) is 4.79 Å². The number of hydrogen-bond acceptors (Lipinski definition) is 5. The zero-order valence-corrected chi connectivity index (χ0v) is 13.4. The first-order valence-corrected chi connectivity index (χ1v) is 6.91. The Labute approximate surface area is 136 Å². The number of nitrogens with one attached hydrogen (secondary N) is 1. The summed E-state index contributed by atoms with van der Waals surface area (Å²) in [6, 6.07) is 3.57. The van der Waals surface area contributed by atoms with Crippen LogP contribution < -0.4 is 0 Å². The highest BCUT2D eigenvalue weighted by molar-refractivity contribution is 6.35. The number of ether oxygens (including phenoxy) is 1. The number of rotatable bonds is 4. The van der Waals surface area contributed by atoms with E-state index in [1.807, 2.05) is 0 Å². The van der Waals surface area contributed by atoms with Crippen molar-refractivity contribution in [1.29, 1.82) is 0 Å². The predicted octanol–water partition coefficient (Wildman–Crippen LogP) is 3.21. The molecule has 0 saturated carbocycles. The van der Waals surface area contributed by atoms with Crippen molar-refractivity contribution in [1.82, 2.24) is 4.98 Å². The van der Waals surface area contributed by atoms with E-state index in [0.717, 1.165) is 6.07 Å². The second-order valence-electron chi connectivity index (χ2n) is 4.87. The lowest BCUT2D eigenvalue weighted by molar-refractivity contribution is -0.384. The second-order valence-corrected chi connectivity index (χ2v) is 5.27. The molecule has 2 aromatic rings. The number of nitro groups is 1. The van der Waals surface area contributed by atoms with E-state index in [2.05, 4.69) is 4.98 Å². The van der Waals surface area contributed by atoms with E-state index >= 15 is 0 Å². The molecule has 0 aliphatic carbocycles. The summed E-state index contributed by atoms with van der Waals surface area (Å²) in [4.78, 5) is 37.9. The number of H-pyrrole nitrogens is 1. The monoisotopic (exact) mass is 336 g/mol. The third-order valence-electron chi connectivity index (χ3n) is 3.40. The van der Waals surface area contributed by atoms with Gasteiger partial charge in [0.15, 0.2) is 5.78 Å². The molecule has 1 heterocycles. The maximum atomic E-state index is 12.8. The third-order valence-corrected chi connectivity index (χ3v) is 3.73. The Hall–Kier alpha value is -2.67. The van der Waals surface area contributed by atoms with Crippen LogP contribution in [0.2, 0.25) is 5.02 Å². The van der Waals surface area contributed by atoms with Crippen LogP contribution in [0.5, 0.6) is 0 Å². The summed E-state index contributed by atoms with van der Waals surface area (Å²) in [6.45, 7) is 3.25. The molecule has 1 aromatic heterocycles. The van der Waals surface area contributed by atoms with Crippen molar-refractivity contribution < 1.29 is 19.2 Å². The van der Waals surface area contributed by atoms with Crippen LogP contribution in [-0.2, 0) is 4.74 Å². The van der Waals surface area contributed by atoms with Gasteiger partial charge in [-0.1, -0.05) is 11.6 Å². The number of carbonyl (C=O) groups excluding carboxylic acids is 2. The molecule has 2 rings (SSSR count). The van der Waals surface area contributed by atoms with E-state index in [1.165, 1.54) is 19.2 Å². The first-order chi connectivity index (χ1) is 10.8. The van der Waals surface area contributed by atoms with E-state index in [0.29, 0.717) is 11.4 Å². The summed E-state index contributed by atoms with van der Waals surface area (Å²) in [5.41, 5.74) is 0.805. The summed E-state index contributed by atoms with van der Waals surface area (Å²) < 4.78 is 4.70. The number of aromatic amines is 1. The zero-order chi connectivity index (χ0) is 17.3. The van der Waals surface area contributed by atoms with Gasteiger partial charge in [0.05, 0.1) is 28.2 Å². The first kappa shape index (κ1) is 16.7. The van der Waals surface area contributed by atoms with E-state index in [1.54, 1.807) is 13.8 Å². The van der Waals surface area contributed by atoms with Crippen molar-refractivity contribution >= 4 is 29.0 Å². The van der Waals surface area contributed by atoms with Crippen LogP contribution >= 0.6 is 11.6 Å². The Balaban J connectivity index is 2.65. The second kappa shape index (κ2) is 6.21. The fourth-order valence-electron chi connectivity index (χ4n) is 2.36. The standard InChI is InChI=1S/C15H13ClN2O5/c1-7-12(13(8(2)17-7)15(20)23-3)14(19)10-6-9(18(21)22)4-5-11(10)16/h4-6,17H,1-3H3. The van der Waals surface area contributed by atoms with Gasteiger partial charge in [-0.2, -0.15) is 0 Å². The molecule has 8 heteroatoms. The summed E-state index contributed by atoms with van der Waals surface area (Å²) >= 11 is 6.00. The van der Waals surface area contributed by atoms with Crippen molar-refractivity contribution in [3.8, 4) is 0 Å². The molecule has 0 fully saturated rings. The molecule has 1 aromatic carbocycles. The highest BCUT2D eigenvalue weighted by atomic mass is 35.5. The van der Waals surface area contributed by atoms with E-state index in [-0.39, 0.29) is 27.4 Å². The molecule has 0 radical (unpaired) electrons. The number of methoxy groups -OCH3 is 1. The number of nitro benzene ring substituents is 1. The normalized spacial score (nSPS) is 10.4. The maximum absolute atomic E-state index is 12.8. The first-order valence-electron chi connectivity index (χ1n) is 6.54. The minimum atomic E-state index is -0.670. The molecule has 0 saturated heterocycles. The number of aryl methyl sites for hydroxylation is 2. The zero-order valence-electron chi connectivity index (χ0n) is 12.6. The van der Waals surface area contributed by atoms with E-state index in [4.69, 9.17) is 16.3 Å². The summed E-state index contributed by atoms with van der Waals surface area (Å²) in [6.07, 6.45) is 0. The van der Waals surface area contributed by atoms with Gasteiger partial charge in [-0.05, 0) is 19.9 Å². The maximum Gasteiger partial charge on any atom is 0.340 e. The van der Waals surface area contributed by atoms with Gasteiger partial charge in [0.1, 0.15) is 0 Å². The minimum absolute atomic E-state index is 0.0480. The van der Waals surface area contributed by atoms with Crippen LogP contribution in [0.15, 0.2) is 18.2 Å². The third kappa shape index (κ3) is 2.95. The molecule has 23 heavy (non-hydrogen) atoms. The van der Waals surface area contributed by atoms with Crippen LogP contribution in [0.4, 0.5) is 5.69 Å². The Bertz CT molecular complexity index is 826. The Morgan fingerprint density at radius 3 is 2.39 bits per heavy atom. The molecule has 0 unspecified atom stereocenters. The number of halogens is 1. The fourth-order valence-corrected chi connectivity index (χ4v) is 2.56. The SMILES string of the molecule is COC(=O)c1c(C)[nH]c(C)c1C(=O)c1cc([N+](=O)[O-])ccc1Cl. The van der Waals surface area contributed by atoms with Gasteiger partial charge in [0.25, 0.3) is 5.69 Å². The van der Waals surface area contributed by atoms with Gasteiger partial charge in [-0.3, -0.25) is 14.9 Å². The topological polar surface area (TPSA) is 102 Å². The van der Waals surface area contributed by atoms with Gasteiger partial charge < -0.3 is 9.72 Å². The molecule has 0 amide bonds. The molecule has 0 atom stereocenters. The molecule has 0 aliphatic rings. The van der Waals surface area contributed by atoms with Gasteiger partial charge in [0.2, 0.25) is 0 Å². The number of ketones is 1. The predicted molar refractivity (Wildman–Crippen MR) is 83.1 cm³/mol. The number of carbonyl (C=O) groups is 2. The van der Waals surface area contributed by atoms with Gasteiger partial charge in [0, 0.05) is 29.1 Å². The Morgan fingerprint density at radius 1 is 1.22 bits per heavy atom. The molecule has 0 aliphatic heterocycles. The fraction of sp³-hybridized carbons (Fsp3) is 0.200. The lowest BCUT2D eigenvalue weighted by Crippen LogP contribution is -2.12. The summed E-state index contributed by atoms with van der Waals surface area (Å²) in [7, 11) is 1.21. The Kier molecular flexibility index (Phi) is 4.51. The van der Waals surface area contributed by atoms with Crippen molar-refractivity contribution in [3.63, 3.8) is 0 Å². The number of aromatic nitrogens is 1. The van der Waals surface area contributed by atoms with Crippen molar-refractivity contribution in [2.24, 2.45) is 0 Å². The molecular weight excluding hydrogens is 324 g/mol.